The molecule has 6 atom stereocenters. The molecule has 156 valence electrons. The number of non-ortho nitro benzene ring substituents is 1. The van der Waals surface area contributed by atoms with Gasteiger partial charge in [-0.3, -0.25) is 19.7 Å². The number of nitro groups is 1. The molecule has 31 heavy (non-hydrogen) atoms. The third-order valence-electron chi connectivity index (χ3n) is 7.00. The molecule has 9 heteroatoms. The molecule has 0 N–H and O–H groups in total. The molecule has 1 aromatic carbocycles. The van der Waals surface area contributed by atoms with Crippen LogP contribution >= 0.6 is 15.9 Å². The summed E-state index contributed by atoms with van der Waals surface area (Å²) < 4.78 is 6.29. The number of furan rings is 1. The van der Waals surface area contributed by atoms with Gasteiger partial charge in [0.15, 0.2) is 0 Å². The van der Waals surface area contributed by atoms with Crippen molar-refractivity contribution in [2.45, 2.75) is 6.42 Å². The van der Waals surface area contributed by atoms with E-state index in [2.05, 4.69) is 33.2 Å². The molecule has 5 aliphatic rings. The monoisotopic (exact) mass is 481 g/mol. The van der Waals surface area contributed by atoms with E-state index < -0.39 is 4.92 Å². The number of hydrogen-bond donors (Lipinski definition) is 0. The normalized spacial score (nSPS) is 32.6. The Morgan fingerprint density at radius 1 is 1.10 bits per heavy atom. The first kappa shape index (κ1) is 18.7. The first-order chi connectivity index (χ1) is 14.9. The zero-order valence-electron chi connectivity index (χ0n) is 16.1. The number of hydrogen-bond acceptors (Lipinski definition) is 6. The van der Waals surface area contributed by atoms with Gasteiger partial charge in [-0.05, 0) is 64.2 Å². The van der Waals surface area contributed by atoms with Crippen LogP contribution in [0.15, 0.2) is 56.5 Å². The van der Waals surface area contributed by atoms with Gasteiger partial charge in [0.2, 0.25) is 0 Å². The maximum absolute atomic E-state index is 12.9. The zero-order valence-corrected chi connectivity index (χ0v) is 17.6. The summed E-state index contributed by atoms with van der Waals surface area (Å²) in [5.74, 6) is 1.25. The lowest BCUT2D eigenvalue weighted by molar-refractivity contribution is -0.384. The molecule has 0 unspecified atom stereocenters. The van der Waals surface area contributed by atoms with E-state index in [-0.39, 0.29) is 41.2 Å². The van der Waals surface area contributed by atoms with Crippen molar-refractivity contribution in [1.82, 2.24) is 5.01 Å². The molecule has 2 amide bonds. The Labute approximate surface area is 184 Å². The molecule has 0 spiro atoms. The highest BCUT2D eigenvalue weighted by atomic mass is 79.9. The molecule has 2 saturated carbocycles. The second-order valence-corrected chi connectivity index (χ2v) is 9.37. The first-order valence-corrected chi connectivity index (χ1v) is 10.9. The Morgan fingerprint density at radius 3 is 2.39 bits per heavy atom. The van der Waals surface area contributed by atoms with Crippen LogP contribution in [0, 0.1) is 45.6 Å². The summed E-state index contributed by atoms with van der Waals surface area (Å²) in [7, 11) is 0. The van der Waals surface area contributed by atoms with Gasteiger partial charge in [0.05, 0.1) is 23.0 Å². The van der Waals surface area contributed by atoms with Crippen LogP contribution < -0.4 is 0 Å². The first-order valence-electron chi connectivity index (χ1n) is 10.1. The summed E-state index contributed by atoms with van der Waals surface area (Å²) >= 11 is 3.33. The minimum atomic E-state index is -0.471. The number of nitro benzene ring substituents is 1. The number of halogens is 1. The number of carbonyl (C=O) groups is 2. The minimum Gasteiger partial charge on any atom is -0.455 e. The fraction of sp³-hybridized carbons (Fsp3) is 0.318. The van der Waals surface area contributed by atoms with Gasteiger partial charge in [0, 0.05) is 22.2 Å². The summed E-state index contributed by atoms with van der Waals surface area (Å²) in [6, 6.07) is 7.77. The van der Waals surface area contributed by atoms with E-state index in [4.69, 9.17) is 4.42 Å². The molecule has 2 heterocycles. The van der Waals surface area contributed by atoms with Crippen LogP contribution in [0.4, 0.5) is 5.69 Å². The summed E-state index contributed by atoms with van der Waals surface area (Å²) in [6.45, 7) is 0. The second kappa shape index (κ2) is 6.46. The van der Waals surface area contributed by atoms with Gasteiger partial charge in [-0.2, -0.15) is 10.1 Å². The Kier molecular flexibility index (Phi) is 3.89. The molecule has 7 rings (SSSR count). The fourth-order valence-corrected chi connectivity index (χ4v) is 6.12. The van der Waals surface area contributed by atoms with Crippen LogP contribution in [0.3, 0.4) is 0 Å². The molecule has 1 aromatic heterocycles. The zero-order chi connectivity index (χ0) is 21.4. The van der Waals surface area contributed by atoms with Crippen LogP contribution in [0.25, 0.3) is 11.3 Å². The molecule has 0 radical (unpaired) electrons. The van der Waals surface area contributed by atoms with Crippen LogP contribution in [-0.2, 0) is 9.59 Å². The van der Waals surface area contributed by atoms with Crippen LogP contribution in [0.2, 0.25) is 0 Å². The number of nitrogens with zero attached hydrogens (tertiary/aromatic N) is 3. The predicted molar refractivity (Wildman–Crippen MR) is 113 cm³/mol. The van der Waals surface area contributed by atoms with Crippen molar-refractivity contribution < 1.29 is 18.9 Å². The maximum Gasteiger partial charge on any atom is 0.270 e. The smallest absolute Gasteiger partial charge is 0.270 e. The Balaban J connectivity index is 1.23. The average molecular weight is 482 g/mol. The minimum absolute atomic E-state index is 0.0300. The highest BCUT2D eigenvalue weighted by Gasteiger charge is 2.67. The van der Waals surface area contributed by atoms with E-state index in [1.54, 1.807) is 18.2 Å². The van der Waals surface area contributed by atoms with Crippen molar-refractivity contribution in [3.63, 3.8) is 0 Å². The van der Waals surface area contributed by atoms with Crippen LogP contribution in [0.5, 0.6) is 0 Å². The van der Waals surface area contributed by atoms with E-state index in [0.29, 0.717) is 33.4 Å². The molecular formula is C22H16BrN3O5. The number of amides is 2. The number of carbonyl (C=O) groups excluding carboxylic acids is 2. The average Bonchev–Trinajstić information content (AvgIpc) is 3.40. The summed E-state index contributed by atoms with van der Waals surface area (Å²) in [5, 5.41) is 16.1. The highest BCUT2D eigenvalue weighted by Crippen LogP contribution is 2.65. The summed E-state index contributed by atoms with van der Waals surface area (Å²) in [6.07, 6.45) is 6.73. The number of allylic oxidation sites excluding steroid dienone is 2. The molecule has 1 aliphatic heterocycles. The number of benzene rings is 1. The Bertz CT molecular complexity index is 1180. The lowest BCUT2D eigenvalue weighted by atomic mass is 9.63. The van der Waals surface area contributed by atoms with Crippen molar-refractivity contribution >= 4 is 39.6 Å². The second-order valence-electron chi connectivity index (χ2n) is 8.51. The third-order valence-corrected chi connectivity index (χ3v) is 7.65. The van der Waals surface area contributed by atoms with Crippen molar-refractivity contribution in [3.8, 4) is 11.3 Å². The molecule has 8 nitrogen and oxygen atoms in total. The van der Waals surface area contributed by atoms with Gasteiger partial charge < -0.3 is 4.42 Å². The van der Waals surface area contributed by atoms with E-state index in [9.17, 15) is 19.7 Å². The van der Waals surface area contributed by atoms with E-state index in [0.717, 1.165) is 11.4 Å². The standard InChI is InChI=1S/C22H16BrN3O5/c23-17-7-10(26(29)30)1-3-14(17)18-6-2-11(31-18)9-24-25-21(27)19-12-4-5-13(16-8-15(12)16)20(19)22(25)28/h1-7,9,12-13,15-16,19-20H,8H2/b24-9-/t12-,13+,15-,16+,19+,20-. The summed E-state index contributed by atoms with van der Waals surface area (Å²) in [4.78, 5) is 36.3. The van der Waals surface area contributed by atoms with Crippen molar-refractivity contribution in [3.05, 3.63) is 62.8 Å². The van der Waals surface area contributed by atoms with Crippen LogP contribution in [-0.4, -0.2) is 28.0 Å². The molecule has 2 aromatic rings. The molecular weight excluding hydrogens is 466 g/mol. The lowest BCUT2D eigenvalue weighted by Gasteiger charge is -2.37. The fourth-order valence-electron chi connectivity index (χ4n) is 5.55. The van der Waals surface area contributed by atoms with Crippen molar-refractivity contribution in [2.75, 3.05) is 0 Å². The van der Waals surface area contributed by atoms with Gasteiger partial charge >= 0.3 is 0 Å². The van der Waals surface area contributed by atoms with Crippen molar-refractivity contribution in [1.29, 1.82) is 0 Å². The largest absolute Gasteiger partial charge is 0.455 e. The van der Waals surface area contributed by atoms with E-state index in [1.807, 2.05) is 0 Å². The Hall–Kier alpha value is -3.07. The topological polar surface area (TPSA) is 106 Å². The lowest BCUT2D eigenvalue weighted by Crippen LogP contribution is -2.40. The SMILES string of the molecule is O=C1[C@@H]2[C@H]3C=C[C@H]([C@H]4C[C@@H]34)[C@@H]2C(=O)N1/N=C\c1ccc(-c2ccc([N+](=O)[O-])cc2Br)o1. The maximum atomic E-state index is 12.9. The number of hydrazone groups is 1. The van der Waals surface area contributed by atoms with Gasteiger partial charge in [0.1, 0.15) is 11.5 Å². The van der Waals surface area contributed by atoms with Gasteiger partial charge in [-0.1, -0.05) is 12.2 Å². The van der Waals surface area contributed by atoms with Gasteiger partial charge in [-0.25, -0.2) is 0 Å². The van der Waals surface area contributed by atoms with Crippen molar-refractivity contribution in [2.24, 2.45) is 40.6 Å². The number of imide groups is 1. The molecule has 2 bridgehead atoms. The van der Waals surface area contributed by atoms with Gasteiger partial charge in [-0.15, -0.1) is 0 Å². The molecule has 3 fully saturated rings. The van der Waals surface area contributed by atoms with E-state index >= 15 is 0 Å². The quantitative estimate of drug-likeness (QED) is 0.215. The number of rotatable bonds is 4. The highest BCUT2D eigenvalue weighted by molar-refractivity contribution is 9.10. The summed E-state index contributed by atoms with van der Waals surface area (Å²) in [5.41, 5.74) is 0.615. The predicted octanol–water partition coefficient (Wildman–Crippen LogP) is 4.00. The van der Waals surface area contributed by atoms with E-state index in [1.165, 1.54) is 18.3 Å². The molecule has 4 aliphatic carbocycles. The Morgan fingerprint density at radius 2 is 1.77 bits per heavy atom. The molecule has 1 saturated heterocycles. The third kappa shape index (κ3) is 2.69. The van der Waals surface area contributed by atoms with Gasteiger partial charge in [0.25, 0.3) is 17.5 Å². The van der Waals surface area contributed by atoms with Crippen LogP contribution in [0.1, 0.15) is 12.2 Å².